The molecule has 1 aromatic heterocycles. The number of thioether (sulfide) groups is 3. The van der Waals surface area contributed by atoms with Crippen LogP contribution in [0, 0.1) is 5.41 Å². The smallest absolute Gasteiger partial charge is 0.352 e. The molecule has 2 amide bonds. The molecule has 3 aliphatic heterocycles. The summed E-state index contributed by atoms with van der Waals surface area (Å²) in [5.41, 5.74) is 0.326. The fourth-order valence-corrected chi connectivity index (χ4v) is 6.61. The lowest BCUT2D eigenvalue weighted by Crippen LogP contribution is -2.71. The van der Waals surface area contributed by atoms with Gasteiger partial charge in [-0.2, -0.15) is 0 Å². The lowest BCUT2D eigenvalue weighted by molar-refractivity contribution is -0.151. The molecule has 0 aromatic carbocycles. The molecular formula is C15H15ClN8O5S3. The number of nitrogens with zero attached hydrogens (tertiary/aromatic N) is 6. The van der Waals surface area contributed by atoms with Gasteiger partial charge in [0.2, 0.25) is 5.16 Å². The molecule has 32 heavy (non-hydrogen) atoms. The normalized spacial score (nSPS) is 25.9. The Morgan fingerprint density at radius 3 is 2.81 bits per heavy atom. The highest BCUT2D eigenvalue weighted by atomic mass is 35.5. The number of carboxylic acid groups (broad SMARTS) is 1. The summed E-state index contributed by atoms with van der Waals surface area (Å²) < 4.78 is 0.599. The van der Waals surface area contributed by atoms with Gasteiger partial charge in [0.05, 0.1) is 5.71 Å². The van der Waals surface area contributed by atoms with E-state index in [2.05, 4.69) is 25.8 Å². The Balaban J connectivity index is 1.45. The standard InChI is InChI=1S/C15H15ClN8O5S3/c1-23-15(20-21-22-23)31-3-4-2-30-12-6(11(27)24(12)7(4)13(28)29)18-10(26)8(25)5-9(16)32-14(17)19-5/h6,8-9,12,17,25H,2-3H2,1H3,(H,18,26)(H,28,29)/t6?,8?,9?,12-/m1/s1. The molecular weight excluding hydrogens is 504 g/mol. The first-order valence-corrected chi connectivity index (χ1v) is 12.3. The Morgan fingerprint density at radius 2 is 2.22 bits per heavy atom. The number of carbonyl (C=O) groups is 3. The van der Waals surface area contributed by atoms with Crippen LogP contribution in [0.4, 0.5) is 0 Å². The number of amidine groups is 1. The number of aliphatic carboxylic acids is 1. The quantitative estimate of drug-likeness (QED) is 0.199. The van der Waals surface area contributed by atoms with Gasteiger partial charge >= 0.3 is 5.97 Å². The number of hydrogen-bond acceptors (Lipinski definition) is 11. The molecule has 4 heterocycles. The van der Waals surface area contributed by atoms with E-state index in [9.17, 15) is 24.6 Å². The fraction of sp³-hybridized carbons (Fsp3) is 0.467. The predicted octanol–water partition coefficient (Wildman–Crippen LogP) is -0.911. The topological polar surface area (TPSA) is 187 Å². The minimum atomic E-state index is -1.72. The van der Waals surface area contributed by atoms with Gasteiger partial charge in [-0.3, -0.25) is 19.9 Å². The molecule has 1 saturated heterocycles. The first-order chi connectivity index (χ1) is 15.2. The van der Waals surface area contributed by atoms with Crippen LogP contribution in [-0.2, 0) is 21.4 Å². The van der Waals surface area contributed by atoms with Gasteiger partial charge in [-0.1, -0.05) is 23.5 Å². The van der Waals surface area contributed by atoms with Gasteiger partial charge in [0.25, 0.3) is 11.8 Å². The molecule has 13 nitrogen and oxygen atoms in total. The van der Waals surface area contributed by atoms with E-state index in [0.29, 0.717) is 16.5 Å². The third-order valence-electron chi connectivity index (χ3n) is 4.71. The molecule has 4 atom stereocenters. The first-order valence-electron chi connectivity index (χ1n) is 8.90. The molecule has 4 N–H and O–H groups in total. The molecule has 0 radical (unpaired) electrons. The average molecular weight is 519 g/mol. The van der Waals surface area contributed by atoms with E-state index in [1.165, 1.54) is 28.2 Å². The molecule has 3 aliphatic rings. The summed E-state index contributed by atoms with van der Waals surface area (Å²) in [6.45, 7) is 0. The summed E-state index contributed by atoms with van der Waals surface area (Å²) in [5.74, 6) is -2.13. The Kier molecular flexibility index (Phi) is 6.49. The summed E-state index contributed by atoms with van der Waals surface area (Å²) in [7, 11) is 1.66. The highest BCUT2D eigenvalue weighted by molar-refractivity contribution is 8.16. The van der Waals surface area contributed by atoms with Gasteiger partial charge in [0.15, 0.2) is 11.3 Å². The molecule has 1 fully saturated rings. The zero-order valence-corrected chi connectivity index (χ0v) is 19.3. The molecule has 3 unspecified atom stereocenters. The number of aliphatic hydroxyl groups excluding tert-OH is 1. The van der Waals surface area contributed by atoms with Crippen molar-refractivity contribution >= 4 is 75.5 Å². The highest BCUT2D eigenvalue weighted by Gasteiger charge is 2.54. The number of aliphatic hydroxyl groups is 1. The second-order valence-electron chi connectivity index (χ2n) is 6.71. The van der Waals surface area contributed by atoms with Crippen LogP contribution in [0.1, 0.15) is 0 Å². The number of β-lactam (4-membered cyclic amide) rings is 1. The number of aliphatic imine (C=N–C) groups is 1. The number of rotatable bonds is 7. The second-order valence-corrected chi connectivity index (χ2v) is 10.5. The highest BCUT2D eigenvalue weighted by Crippen LogP contribution is 2.41. The summed E-state index contributed by atoms with van der Waals surface area (Å²) >= 11 is 9.40. The van der Waals surface area contributed by atoms with Crippen molar-refractivity contribution in [3.63, 3.8) is 0 Å². The van der Waals surface area contributed by atoms with Crippen molar-refractivity contribution in [1.29, 1.82) is 5.41 Å². The molecule has 0 bridgehead atoms. The Morgan fingerprint density at radius 1 is 1.47 bits per heavy atom. The van der Waals surface area contributed by atoms with Crippen molar-refractivity contribution in [2.24, 2.45) is 12.0 Å². The van der Waals surface area contributed by atoms with Gasteiger partial charge in [-0.05, 0) is 16.0 Å². The van der Waals surface area contributed by atoms with Crippen LogP contribution in [0.3, 0.4) is 0 Å². The molecule has 1 aromatic rings. The summed E-state index contributed by atoms with van der Waals surface area (Å²) in [6, 6.07) is -1.00. The lowest BCUT2D eigenvalue weighted by atomic mass is 10.0. The van der Waals surface area contributed by atoms with E-state index in [1.54, 1.807) is 7.05 Å². The second kappa shape index (κ2) is 9.01. The molecule has 17 heteroatoms. The third-order valence-corrected chi connectivity index (χ3v) is 8.40. The van der Waals surface area contributed by atoms with E-state index >= 15 is 0 Å². The van der Waals surface area contributed by atoms with E-state index in [-0.39, 0.29) is 22.3 Å². The Bertz CT molecular complexity index is 1080. The molecule has 0 aliphatic carbocycles. The van der Waals surface area contributed by atoms with E-state index < -0.39 is 40.0 Å². The van der Waals surface area contributed by atoms with Gasteiger partial charge in [-0.25, -0.2) is 14.5 Å². The molecule has 0 spiro atoms. The Hall–Kier alpha value is -2.14. The number of carboxylic acids is 1. The van der Waals surface area contributed by atoms with Crippen LogP contribution in [0.25, 0.3) is 0 Å². The van der Waals surface area contributed by atoms with Gasteiger partial charge in [-0.15, -0.1) is 28.5 Å². The summed E-state index contributed by atoms with van der Waals surface area (Å²) in [4.78, 5) is 42.0. The monoisotopic (exact) mass is 518 g/mol. The van der Waals surface area contributed by atoms with Crippen molar-refractivity contribution in [1.82, 2.24) is 30.4 Å². The SMILES string of the molecule is Cn1nnnc1SCC1=C(C(=O)O)N2C(=O)C(NC(=O)C(O)C3=NC(=N)SC3Cl)[C@H]2SC1. The van der Waals surface area contributed by atoms with E-state index in [0.717, 1.165) is 16.7 Å². The number of tetrazole rings is 1. The van der Waals surface area contributed by atoms with Crippen molar-refractivity contribution in [3.05, 3.63) is 11.3 Å². The van der Waals surface area contributed by atoms with E-state index in [1.807, 2.05) is 0 Å². The Labute approximate surface area is 197 Å². The largest absolute Gasteiger partial charge is 0.477 e. The minimum absolute atomic E-state index is 0.0808. The van der Waals surface area contributed by atoms with Crippen molar-refractivity contribution in [2.45, 2.75) is 27.4 Å². The number of nitrogens with one attached hydrogen (secondary N) is 2. The van der Waals surface area contributed by atoms with Crippen molar-refractivity contribution in [2.75, 3.05) is 11.5 Å². The third kappa shape index (κ3) is 4.12. The number of alkyl halides is 1. The number of amides is 2. The number of hydrogen-bond donors (Lipinski definition) is 4. The van der Waals surface area contributed by atoms with Gasteiger partial charge in [0.1, 0.15) is 21.8 Å². The van der Waals surface area contributed by atoms with Gasteiger partial charge < -0.3 is 15.5 Å². The van der Waals surface area contributed by atoms with Crippen LogP contribution >= 0.6 is 46.9 Å². The van der Waals surface area contributed by atoms with Crippen LogP contribution < -0.4 is 5.32 Å². The number of carbonyl (C=O) groups excluding carboxylic acids is 2. The molecule has 0 saturated carbocycles. The van der Waals surface area contributed by atoms with Crippen LogP contribution in [0.5, 0.6) is 0 Å². The number of fused-ring (bicyclic) bond motifs is 1. The van der Waals surface area contributed by atoms with Crippen LogP contribution in [0.2, 0.25) is 0 Å². The number of aromatic nitrogens is 4. The lowest BCUT2D eigenvalue weighted by Gasteiger charge is -2.49. The number of halogens is 1. The van der Waals surface area contributed by atoms with E-state index in [4.69, 9.17) is 17.0 Å². The maximum absolute atomic E-state index is 12.7. The minimum Gasteiger partial charge on any atom is -0.477 e. The first kappa shape index (κ1) is 23.0. The fourth-order valence-electron chi connectivity index (χ4n) is 3.19. The zero-order chi connectivity index (χ0) is 23.2. The molecule has 170 valence electrons. The maximum atomic E-state index is 12.7. The maximum Gasteiger partial charge on any atom is 0.352 e. The van der Waals surface area contributed by atoms with Crippen LogP contribution in [-0.4, -0.2) is 97.7 Å². The van der Waals surface area contributed by atoms with Crippen LogP contribution in [0.15, 0.2) is 21.4 Å². The summed E-state index contributed by atoms with van der Waals surface area (Å²) in [6.07, 6.45) is -1.72. The van der Waals surface area contributed by atoms with Gasteiger partial charge in [0, 0.05) is 18.6 Å². The predicted molar refractivity (Wildman–Crippen MR) is 118 cm³/mol. The number of aryl methyl sites for hydroxylation is 1. The zero-order valence-electron chi connectivity index (χ0n) is 16.1. The average Bonchev–Trinajstić information content (AvgIpc) is 3.32. The van der Waals surface area contributed by atoms with Crippen molar-refractivity contribution < 1.29 is 24.6 Å². The van der Waals surface area contributed by atoms with Crippen molar-refractivity contribution in [3.8, 4) is 0 Å². The summed E-state index contributed by atoms with van der Waals surface area (Å²) in [5, 5.41) is 40.7. The molecule has 4 rings (SSSR count).